The van der Waals surface area contributed by atoms with Crippen molar-refractivity contribution in [1.29, 1.82) is 0 Å². The van der Waals surface area contributed by atoms with Crippen molar-refractivity contribution in [2.45, 2.75) is 18.7 Å². The van der Waals surface area contributed by atoms with E-state index in [0.29, 0.717) is 48.5 Å². The topological polar surface area (TPSA) is 115 Å². The summed E-state index contributed by atoms with van der Waals surface area (Å²) >= 11 is 0. The van der Waals surface area contributed by atoms with Crippen LogP contribution in [0, 0.1) is 0 Å². The zero-order valence-electron chi connectivity index (χ0n) is 20.3. The number of halogens is 3. The number of nitrogens with one attached hydrogen (secondary N) is 2. The van der Waals surface area contributed by atoms with E-state index < -0.39 is 11.7 Å². The molecular formula is C25H27F3N6O3. The van der Waals surface area contributed by atoms with Crippen LogP contribution in [0.5, 0.6) is 5.75 Å². The van der Waals surface area contributed by atoms with E-state index in [2.05, 4.69) is 20.6 Å². The van der Waals surface area contributed by atoms with Gasteiger partial charge in [-0.25, -0.2) is 9.97 Å². The van der Waals surface area contributed by atoms with Crippen molar-refractivity contribution in [1.82, 2.24) is 14.9 Å². The molecule has 1 atom stereocenters. The molecule has 1 aliphatic heterocycles. The Bertz CT molecular complexity index is 1310. The van der Waals surface area contributed by atoms with Crippen LogP contribution in [0.2, 0.25) is 0 Å². The molecule has 0 aliphatic carbocycles. The van der Waals surface area contributed by atoms with E-state index in [0.717, 1.165) is 6.07 Å². The summed E-state index contributed by atoms with van der Waals surface area (Å²) in [6.45, 7) is 1.58. The Hall–Kier alpha value is -3.90. The first kappa shape index (κ1) is 26.2. The number of ether oxygens (including phenoxy) is 2. The van der Waals surface area contributed by atoms with Crippen LogP contribution in [0.3, 0.4) is 0 Å². The molecule has 1 saturated heterocycles. The zero-order chi connectivity index (χ0) is 26.6. The van der Waals surface area contributed by atoms with Crippen molar-refractivity contribution in [2.75, 3.05) is 50.2 Å². The molecule has 1 aliphatic rings. The number of nitrogens with two attached hydrogens (primary N) is 1. The minimum absolute atomic E-state index is 0.141. The third kappa shape index (κ3) is 6.66. The highest BCUT2D eigenvalue weighted by molar-refractivity contribution is 6.03. The van der Waals surface area contributed by atoms with Crippen LogP contribution in [-0.4, -0.2) is 60.7 Å². The van der Waals surface area contributed by atoms with Crippen LogP contribution in [0.4, 0.5) is 36.1 Å². The normalized spacial score (nSPS) is 16.0. The molecule has 1 amide bonds. The summed E-state index contributed by atoms with van der Waals surface area (Å²) in [5, 5.41) is 6.19. The number of hydrogen-bond donors (Lipinski definition) is 3. The number of hydrogen-bond acceptors (Lipinski definition) is 8. The molecule has 2 aromatic carbocycles. The molecule has 2 heterocycles. The molecule has 0 radical (unpaired) electrons. The highest BCUT2D eigenvalue weighted by atomic mass is 19.4. The van der Waals surface area contributed by atoms with E-state index in [4.69, 9.17) is 15.2 Å². The summed E-state index contributed by atoms with van der Waals surface area (Å²) in [5.74, 6) is 0.277. The Balaban J connectivity index is 1.70. The van der Waals surface area contributed by atoms with Crippen LogP contribution in [0.15, 0.2) is 48.8 Å². The molecule has 196 valence electrons. The average Bonchev–Trinajstić information content (AvgIpc) is 3.33. The summed E-state index contributed by atoms with van der Waals surface area (Å²) in [6, 6.07) is 6.80. The van der Waals surface area contributed by atoms with Gasteiger partial charge in [0.05, 0.1) is 30.0 Å². The van der Waals surface area contributed by atoms with Gasteiger partial charge in [0.15, 0.2) is 0 Å². The molecule has 1 aromatic heterocycles. The molecule has 9 nitrogen and oxygen atoms in total. The third-order valence-electron chi connectivity index (χ3n) is 5.54. The van der Waals surface area contributed by atoms with Gasteiger partial charge in [0.25, 0.3) is 0 Å². The van der Waals surface area contributed by atoms with Gasteiger partial charge in [0, 0.05) is 41.9 Å². The maximum atomic E-state index is 13.3. The molecule has 0 spiro atoms. The van der Waals surface area contributed by atoms with E-state index in [1.54, 1.807) is 18.2 Å². The van der Waals surface area contributed by atoms with Gasteiger partial charge >= 0.3 is 6.18 Å². The number of aromatic nitrogens is 2. The number of nitrogen functional groups attached to an aromatic ring is 1. The lowest BCUT2D eigenvalue weighted by atomic mass is 10.1. The predicted octanol–water partition coefficient (Wildman–Crippen LogP) is 4.20. The third-order valence-corrected chi connectivity index (χ3v) is 5.54. The van der Waals surface area contributed by atoms with Crippen LogP contribution in [-0.2, 0) is 15.7 Å². The second kappa shape index (κ2) is 11.0. The fourth-order valence-corrected chi connectivity index (χ4v) is 3.73. The monoisotopic (exact) mass is 516 g/mol. The zero-order valence-corrected chi connectivity index (χ0v) is 20.3. The minimum atomic E-state index is -4.61. The quantitative estimate of drug-likeness (QED) is 0.302. The fraction of sp³-hybridized carbons (Fsp3) is 0.320. The molecule has 1 unspecified atom stereocenters. The standard InChI is InChI=1S/C25H27F3N6O3/c1-34(2)8-3-4-23(35)33-21-11-17-20(12-22(21)37-16-7-9-36-13-16)30-14-31-24(17)32-15-5-6-19(29)18(10-15)25(26,27)28/h3-6,10-12,14,16H,7-9,13,29H2,1-2H3,(H,33,35)(H,30,31,32). The first-order valence-electron chi connectivity index (χ1n) is 11.5. The van der Waals surface area contributed by atoms with Gasteiger partial charge < -0.3 is 30.7 Å². The molecule has 3 aromatic rings. The van der Waals surface area contributed by atoms with Crippen molar-refractivity contribution >= 4 is 39.7 Å². The number of rotatable bonds is 8. The predicted molar refractivity (Wildman–Crippen MR) is 135 cm³/mol. The number of alkyl halides is 3. The van der Waals surface area contributed by atoms with Gasteiger partial charge in [0.2, 0.25) is 5.91 Å². The maximum absolute atomic E-state index is 13.3. The first-order chi connectivity index (χ1) is 17.6. The molecule has 1 fully saturated rings. The lowest BCUT2D eigenvalue weighted by molar-refractivity contribution is -0.136. The number of amides is 1. The van der Waals surface area contributed by atoms with Gasteiger partial charge in [-0.05, 0) is 38.4 Å². The number of carbonyl (C=O) groups excluding carboxylic acids is 1. The largest absolute Gasteiger partial charge is 0.486 e. The Morgan fingerprint density at radius 1 is 1.27 bits per heavy atom. The van der Waals surface area contributed by atoms with E-state index >= 15 is 0 Å². The smallest absolute Gasteiger partial charge is 0.418 e. The number of anilines is 4. The summed E-state index contributed by atoms with van der Waals surface area (Å²) in [6.07, 6.45) is 0.328. The van der Waals surface area contributed by atoms with Gasteiger partial charge in [-0.1, -0.05) is 6.08 Å². The van der Waals surface area contributed by atoms with Crippen molar-refractivity contribution in [2.24, 2.45) is 0 Å². The molecule has 37 heavy (non-hydrogen) atoms. The van der Waals surface area contributed by atoms with E-state index in [-0.39, 0.29) is 29.2 Å². The Morgan fingerprint density at radius 3 is 2.78 bits per heavy atom. The molecular weight excluding hydrogens is 489 g/mol. The number of fused-ring (bicyclic) bond motifs is 1. The van der Waals surface area contributed by atoms with Crippen LogP contribution >= 0.6 is 0 Å². The fourth-order valence-electron chi connectivity index (χ4n) is 3.73. The van der Waals surface area contributed by atoms with Gasteiger partial charge in [-0.2, -0.15) is 13.2 Å². The molecule has 0 bridgehead atoms. The summed E-state index contributed by atoms with van der Waals surface area (Å²) < 4.78 is 51.5. The second-order valence-corrected chi connectivity index (χ2v) is 8.77. The Kier molecular flexibility index (Phi) is 7.79. The Labute approximate surface area is 211 Å². The first-order valence-corrected chi connectivity index (χ1v) is 11.5. The lowest BCUT2D eigenvalue weighted by Crippen LogP contribution is -2.18. The Morgan fingerprint density at radius 2 is 2.08 bits per heavy atom. The minimum Gasteiger partial charge on any atom is -0.486 e. The van der Waals surface area contributed by atoms with Crippen molar-refractivity contribution in [3.05, 3.63) is 54.4 Å². The molecule has 12 heteroatoms. The van der Waals surface area contributed by atoms with E-state index in [1.165, 1.54) is 24.5 Å². The summed E-state index contributed by atoms with van der Waals surface area (Å²) in [5.41, 5.74) is 5.16. The molecule has 4 rings (SSSR count). The van der Waals surface area contributed by atoms with Crippen molar-refractivity contribution in [3.63, 3.8) is 0 Å². The summed E-state index contributed by atoms with van der Waals surface area (Å²) in [4.78, 5) is 23.0. The van der Waals surface area contributed by atoms with Crippen molar-refractivity contribution < 1.29 is 27.4 Å². The molecule has 4 N–H and O–H groups in total. The van der Waals surface area contributed by atoms with E-state index in [1.807, 2.05) is 19.0 Å². The summed E-state index contributed by atoms with van der Waals surface area (Å²) in [7, 11) is 3.77. The highest BCUT2D eigenvalue weighted by Gasteiger charge is 2.33. The number of benzene rings is 2. The number of nitrogens with zero attached hydrogens (tertiary/aromatic N) is 3. The van der Waals surface area contributed by atoms with E-state index in [9.17, 15) is 18.0 Å². The average molecular weight is 517 g/mol. The lowest BCUT2D eigenvalue weighted by Gasteiger charge is -2.18. The van der Waals surface area contributed by atoms with Crippen LogP contribution in [0.25, 0.3) is 10.9 Å². The second-order valence-electron chi connectivity index (χ2n) is 8.77. The van der Waals surface area contributed by atoms with Gasteiger partial charge in [0.1, 0.15) is 24.0 Å². The number of carbonyl (C=O) groups is 1. The number of likely N-dealkylation sites (N-methyl/N-ethyl adjacent to an activating group) is 1. The SMILES string of the molecule is CN(C)CC=CC(=O)Nc1cc2c(Nc3ccc(N)c(C(F)(F)F)c3)ncnc2cc1OC1CCOC1. The van der Waals surface area contributed by atoms with Gasteiger partial charge in [-0.3, -0.25) is 4.79 Å². The molecule has 0 saturated carbocycles. The van der Waals surface area contributed by atoms with Gasteiger partial charge in [-0.15, -0.1) is 0 Å². The highest BCUT2D eigenvalue weighted by Crippen LogP contribution is 2.37. The van der Waals surface area contributed by atoms with Crippen LogP contribution in [0.1, 0.15) is 12.0 Å². The van der Waals surface area contributed by atoms with Crippen molar-refractivity contribution in [3.8, 4) is 5.75 Å². The van der Waals surface area contributed by atoms with Crippen LogP contribution < -0.4 is 21.1 Å². The maximum Gasteiger partial charge on any atom is 0.418 e.